The Morgan fingerprint density at radius 1 is 1.40 bits per heavy atom. The van der Waals surface area contributed by atoms with Gasteiger partial charge in [-0.15, -0.1) is 0 Å². The van der Waals surface area contributed by atoms with E-state index in [-0.39, 0.29) is 0 Å². The normalized spacial score (nSPS) is 23.9. The average molecular weight is 291 g/mol. The summed E-state index contributed by atoms with van der Waals surface area (Å²) in [6, 6.07) is 0. The van der Waals surface area contributed by atoms with Gasteiger partial charge in [-0.05, 0) is 48.0 Å². The highest BCUT2D eigenvalue weighted by molar-refractivity contribution is 9.11. The van der Waals surface area contributed by atoms with Crippen LogP contribution < -0.4 is 0 Å². The molecule has 1 aliphatic rings. The molecule has 88 valence electrons. The molecular formula is C12H23BrOSi. The Labute approximate surface area is 104 Å². The fraction of sp³-hybridized carbons (Fsp3) is 0.833. The summed E-state index contributed by atoms with van der Waals surface area (Å²) in [5, 5.41) is 0.310. The van der Waals surface area contributed by atoms with Gasteiger partial charge in [-0.2, -0.15) is 0 Å². The van der Waals surface area contributed by atoms with Crippen LogP contribution >= 0.6 is 15.9 Å². The molecule has 0 heterocycles. The number of allylic oxidation sites excluding steroid dienone is 1. The predicted octanol–water partition coefficient (Wildman–Crippen LogP) is 4.84. The number of hydrogen-bond donors (Lipinski definition) is 0. The molecule has 0 N–H and O–H groups in total. The van der Waals surface area contributed by atoms with Crippen LogP contribution in [0.1, 0.15) is 40.0 Å². The van der Waals surface area contributed by atoms with Crippen molar-refractivity contribution in [2.45, 2.75) is 64.3 Å². The van der Waals surface area contributed by atoms with Crippen molar-refractivity contribution in [1.82, 2.24) is 0 Å². The Morgan fingerprint density at radius 3 is 2.47 bits per heavy atom. The van der Waals surface area contributed by atoms with E-state index in [1.54, 1.807) is 0 Å². The highest BCUT2D eigenvalue weighted by atomic mass is 79.9. The van der Waals surface area contributed by atoms with Gasteiger partial charge in [-0.3, -0.25) is 0 Å². The zero-order valence-corrected chi connectivity index (χ0v) is 13.1. The Bertz CT molecular complexity index is 253. The van der Waals surface area contributed by atoms with Gasteiger partial charge in [-0.1, -0.05) is 36.7 Å². The molecular weight excluding hydrogens is 268 g/mol. The van der Waals surface area contributed by atoms with E-state index in [0.717, 1.165) is 0 Å². The van der Waals surface area contributed by atoms with E-state index >= 15 is 0 Å². The Morgan fingerprint density at radius 2 is 2.00 bits per heavy atom. The standard InChI is InChI=1S/C12H23BrOSi/c1-12(2,3)15(4,5)14-11-8-6-7-10(13)9-11/h9,11H,6-8H2,1-5H3. The van der Waals surface area contributed by atoms with Crippen LogP contribution in [0.25, 0.3) is 0 Å². The number of halogens is 1. The molecule has 0 aromatic carbocycles. The van der Waals surface area contributed by atoms with Gasteiger partial charge in [0.2, 0.25) is 0 Å². The molecule has 0 bridgehead atoms. The van der Waals surface area contributed by atoms with Gasteiger partial charge < -0.3 is 4.43 Å². The van der Waals surface area contributed by atoms with Gasteiger partial charge in [0, 0.05) is 0 Å². The van der Waals surface area contributed by atoms with Crippen LogP contribution in [0.2, 0.25) is 18.1 Å². The number of rotatable bonds is 2. The molecule has 0 aliphatic heterocycles. The van der Waals surface area contributed by atoms with Gasteiger partial charge in [0.1, 0.15) is 0 Å². The van der Waals surface area contributed by atoms with Gasteiger partial charge in [0.25, 0.3) is 0 Å². The van der Waals surface area contributed by atoms with E-state index in [1.807, 2.05) is 0 Å². The second kappa shape index (κ2) is 4.72. The maximum absolute atomic E-state index is 6.35. The van der Waals surface area contributed by atoms with Gasteiger partial charge >= 0.3 is 0 Å². The van der Waals surface area contributed by atoms with Crippen molar-refractivity contribution >= 4 is 24.2 Å². The topological polar surface area (TPSA) is 9.23 Å². The molecule has 0 saturated heterocycles. The van der Waals surface area contributed by atoms with Crippen LogP contribution in [0.4, 0.5) is 0 Å². The molecule has 0 spiro atoms. The molecule has 0 aromatic rings. The lowest BCUT2D eigenvalue weighted by molar-refractivity contribution is 0.207. The molecule has 1 nitrogen and oxygen atoms in total. The monoisotopic (exact) mass is 290 g/mol. The third-order valence-electron chi connectivity index (χ3n) is 3.52. The van der Waals surface area contributed by atoms with Crippen molar-refractivity contribution in [2.24, 2.45) is 0 Å². The fourth-order valence-corrected chi connectivity index (χ4v) is 3.36. The summed E-state index contributed by atoms with van der Waals surface area (Å²) in [6.45, 7) is 11.5. The summed E-state index contributed by atoms with van der Waals surface area (Å²) in [5.41, 5.74) is 0. The van der Waals surface area contributed by atoms with E-state index in [2.05, 4.69) is 55.9 Å². The predicted molar refractivity (Wildman–Crippen MR) is 72.9 cm³/mol. The molecule has 0 aromatic heterocycles. The summed E-state index contributed by atoms with van der Waals surface area (Å²) in [5.74, 6) is 0. The first-order valence-electron chi connectivity index (χ1n) is 5.76. The van der Waals surface area contributed by atoms with Gasteiger partial charge in [-0.25, -0.2) is 0 Å². The third kappa shape index (κ3) is 3.72. The molecule has 0 fully saturated rings. The summed E-state index contributed by atoms with van der Waals surface area (Å²) in [7, 11) is -1.59. The first-order valence-corrected chi connectivity index (χ1v) is 9.46. The van der Waals surface area contributed by atoms with E-state index in [0.29, 0.717) is 11.1 Å². The second-order valence-electron chi connectivity index (χ2n) is 5.92. The Kier molecular flexibility index (Phi) is 4.24. The number of hydrogen-bond acceptors (Lipinski definition) is 1. The SMILES string of the molecule is CC(C)(C)[Si](C)(C)OC1C=C(Br)CCC1. The highest BCUT2D eigenvalue weighted by Crippen LogP contribution is 2.39. The van der Waals surface area contributed by atoms with Crippen LogP contribution in [0.5, 0.6) is 0 Å². The maximum Gasteiger partial charge on any atom is 0.192 e. The average Bonchev–Trinajstić information content (AvgIpc) is 2.00. The first-order chi connectivity index (χ1) is 6.72. The van der Waals surface area contributed by atoms with Crippen LogP contribution in [0.15, 0.2) is 10.6 Å². The summed E-state index contributed by atoms with van der Waals surface area (Å²) < 4.78 is 7.66. The van der Waals surface area contributed by atoms with E-state index in [9.17, 15) is 0 Å². The summed E-state index contributed by atoms with van der Waals surface area (Å²) in [6.07, 6.45) is 6.20. The maximum atomic E-state index is 6.35. The van der Waals surface area contributed by atoms with E-state index in [4.69, 9.17) is 4.43 Å². The summed E-state index contributed by atoms with van der Waals surface area (Å²) in [4.78, 5) is 0. The molecule has 3 heteroatoms. The highest BCUT2D eigenvalue weighted by Gasteiger charge is 2.38. The lowest BCUT2D eigenvalue weighted by atomic mass is 10.1. The molecule has 0 amide bonds. The quantitative estimate of drug-likeness (QED) is 0.661. The largest absolute Gasteiger partial charge is 0.411 e. The molecule has 15 heavy (non-hydrogen) atoms. The second-order valence-corrected chi connectivity index (χ2v) is 11.7. The van der Waals surface area contributed by atoms with Crippen molar-refractivity contribution in [2.75, 3.05) is 0 Å². The summed E-state index contributed by atoms with van der Waals surface area (Å²) >= 11 is 3.58. The minimum Gasteiger partial charge on any atom is -0.411 e. The van der Waals surface area contributed by atoms with E-state index in [1.165, 1.54) is 23.7 Å². The molecule has 1 unspecified atom stereocenters. The van der Waals surface area contributed by atoms with Crippen LogP contribution in [0.3, 0.4) is 0 Å². The van der Waals surface area contributed by atoms with Crippen LogP contribution in [0, 0.1) is 0 Å². The lowest BCUT2D eigenvalue weighted by Crippen LogP contribution is -2.43. The Hall–Kier alpha value is 0.397. The van der Waals surface area contributed by atoms with E-state index < -0.39 is 8.32 Å². The van der Waals surface area contributed by atoms with Gasteiger partial charge in [0.05, 0.1) is 6.10 Å². The molecule has 0 saturated carbocycles. The zero-order chi connectivity index (χ0) is 11.7. The first kappa shape index (κ1) is 13.5. The molecule has 0 radical (unpaired) electrons. The van der Waals surface area contributed by atoms with Crippen molar-refractivity contribution in [3.63, 3.8) is 0 Å². The van der Waals surface area contributed by atoms with Crippen molar-refractivity contribution in [3.8, 4) is 0 Å². The Balaban J connectivity index is 2.65. The minimum absolute atomic E-state index is 0.310. The smallest absolute Gasteiger partial charge is 0.192 e. The molecule has 1 rings (SSSR count). The van der Waals surface area contributed by atoms with Crippen molar-refractivity contribution in [3.05, 3.63) is 10.6 Å². The van der Waals surface area contributed by atoms with Crippen molar-refractivity contribution in [1.29, 1.82) is 0 Å². The molecule has 1 atom stereocenters. The van der Waals surface area contributed by atoms with Crippen LogP contribution in [-0.2, 0) is 4.43 Å². The van der Waals surface area contributed by atoms with Gasteiger partial charge in [0.15, 0.2) is 8.32 Å². The zero-order valence-electron chi connectivity index (χ0n) is 10.6. The third-order valence-corrected chi connectivity index (χ3v) is 8.69. The molecule has 1 aliphatic carbocycles. The minimum atomic E-state index is -1.59. The van der Waals surface area contributed by atoms with Crippen molar-refractivity contribution < 1.29 is 4.43 Å². The van der Waals surface area contributed by atoms with Crippen LogP contribution in [-0.4, -0.2) is 14.4 Å². The fourth-order valence-electron chi connectivity index (χ4n) is 1.49. The lowest BCUT2D eigenvalue weighted by Gasteiger charge is -2.39.